The van der Waals surface area contributed by atoms with Crippen molar-refractivity contribution in [1.29, 1.82) is 0 Å². The Morgan fingerprint density at radius 3 is 2.77 bits per heavy atom. The van der Waals surface area contributed by atoms with Crippen molar-refractivity contribution in [3.8, 4) is 0 Å². The summed E-state index contributed by atoms with van der Waals surface area (Å²) in [5, 5.41) is 2.25. The summed E-state index contributed by atoms with van der Waals surface area (Å²) in [6.07, 6.45) is 3.55. The number of carbonyl (C=O) groups excluding carboxylic acids is 1. The van der Waals surface area contributed by atoms with Gasteiger partial charge in [0.15, 0.2) is 11.6 Å². The van der Waals surface area contributed by atoms with E-state index in [2.05, 4.69) is 26.8 Å². The van der Waals surface area contributed by atoms with Gasteiger partial charge in [-0.2, -0.15) is 0 Å². The Morgan fingerprint density at radius 1 is 1.19 bits per heavy atom. The number of nitrogens with zero attached hydrogens (tertiary/aromatic N) is 5. The molecule has 31 heavy (non-hydrogen) atoms. The highest BCUT2D eigenvalue weighted by Gasteiger charge is 2.45. The molecule has 5 rings (SSSR count). The molecule has 3 aromatic rings. The van der Waals surface area contributed by atoms with Crippen LogP contribution in [0.2, 0.25) is 5.02 Å². The molecule has 1 aromatic carbocycles. The Bertz CT molecular complexity index is 1220. The highest BCUT2D eigenvalue weighted by Crippen LogP contribution is 2.35. The van der Waals surface area contributed by atoms with Gasteiger partial charge < -0.3 is 15.1 Å². The zero-order valence-corrected chi connectivity index (χ0v) is 17.0. The zero-order valence-electron chi connectivity index (χ0n) is 16.2. The largest absolute Gasteiger partial charge is 0.350 e. The molecule has 0 saturated carbocycles. The topological polar surface area (TPSA) is 74.2 Å². The minimum atomic E-state index is -0.909. The van der Waals surface area contributed by atoms with Crippen LogP contribution in [0.3, 0.4) is 0 Å². The predicted octanol–water partition coefficient (Wildman–Crippen LogP) is 3.68. The first kappa shape index (κ1) is 19.6. The molecule has 1 N–H and O–H groups in total. The van der Waals surface area contributed by atoms with Crippen molar-refractivity contribution in [3.63, 3.8) is 0 Å². The van der Waals surface area contributed by atoms with Crippen LogP contribution >= 0.6 is 11.6 Å². The second-order valence-corrected chi connectivity index (χ2v) is 7.88. The predicted molar refractivity (Wildman–Crippen MR) is 113 cm³/mol. The van der Waals surface area contributed by atoms with E-state index < -0.39 is 16.7 Å². The number of nitrogens with one attached hydrogen (secondary N) is 1. The Balaban J connectivity index is 1.47. The number of amides is 1. The molecule has 7 nitrogen and oxygen atoms in total. The van der Waals surface area contributed by atoms with Crippen molar-refractivity contribution >= 4 is 45.9 Å². The molecule has 2 aromatic heterocycles. The minimum absolute atomic E-state index is 0.0163. The van der Waals surface area contributed by atoms with Gasteiger partial charge in [0, 0.05) is 13.1 Å². The van der Waals surface area contributed by atoms with E-state index in [1.807, 2.05) is 17.0 Å². The molecule has 2 atom stereocenters. The molecule has 0 aliphatic carbocycles. The zero-order chi connectivity index (χ0) is 21.7. The normalized spacial score (nSPS) is 19.8. The van der Waals surface area contributed by atoms with E-state index in [1.165, 1.54) is 18.5 Å². The number of likely N-dealkylation sites (tertiary alicyclic amines) is 1. The van der Waals surface area contributed by atoms with Crippen molar-refractivity contribution in [2.24, 2.45) is 0 Å². The molecule has 0 unspecified atom stereocenters. The first-order chi connectivity index (χ1) is 15.0. The van der Waals surface area contributed by atoms with E-state index in [1.54, 1.807) is 0 Å². The van der Waals surface area contributed by atoms with E-state index in [0.717, 1.165) is 18.3 Å². The van der Waals surface area contributed by atoms with E-state index in [9.17, 15) is 13.6 Å². The lowest BCUT2D eigenvalue weighted by atomic mass is 10.2. The lowest BCUT2D eigenvalue weighted by molar-refractivity contribution is -0.127. The van der Waals surface area contributed by atoms with Crippen molar-refractivity contribution in [2.45, 2.75) is 18.5 Å². The summed E-state index contributed by atoms with van der Waals surface area (Å²) in [5.74, 6) is -0.806. The average Bonchev–Trinajstić information content (AvgIpc) is 3.40. The number of anilines is 3. The summed E-state index contributed by atoms with van der Waals surface area (Å²) in [6, 6.07) is 6.29. The summed E-state index contributed by atoms with van der Waals surface area (Å²) < 4.78 is 27.8. The van der Waals surface area contributed by atoms with E-state index >= 15 is 0 Å². The summed E-state index contributed by atoms with van der Waals surface area (Å²) >= 11 is 5.68. The Morgan fingerprint density at radius 2 is 2.03 bits per heavy atom. The van der Waals surface area contributed by atoms with Crippen molar-refractivity contribution < 1.29 is 13.6 Å². The van der Waals surface area contributed by atoms with Gasteiger partial charge in [0.25, 0.3) is 0 Å². The summed E-state index contributed by atoms with van der Waals surface area (Å²) in [7, 11) is 0. The average molecular weight is 443 g/mol. The molecular formula is C21H17ClF2N6O. The molecular weight excluding hydrogens is 426 g/mol. The third-order valence-corrected chi connectivity index (χ3v) is 6.09. The first-order valence-corrected chi connectivity index (χ1v) is 10.1. The number of hydrogen-bond donors (Lipinski definition) is 1. The monoisotopic (exact) mass is 442 g/mol. The maximum Gasteiger partial charge on any atom is 0.246 e. The highest BCUT2D eigenvalue weighted by molar-refractivity contribution is 6.31. The molecule has 4 heterocycles. The fourth-order valence-electron chi connectivity index (χ4n) is 4.27. The van der Waals surface area contributed by atoms with Gasteiger partial charge in [-0.25, -0.2) is 23.7 Å². The molecule has 2 aliphatic rings. The molecule has 0 spiro atoms. The van der Waals surface area contributed by atoms with Gasteiger partial charge in [-0.1, -0.05) is 18.2 Å². The molecule has 2 aliphatic heterocycles. The van der Waals surface area contributed by atoms with Crippen molar-refractivity contribution in [1.82, 2.24) is 19.9 Å². The smallest absolute Gasteiger partial charge is 0.246 e. The quantitative estimate of drug-likeness (QED) is 0.491. The van der Waals surface area contributed by atoms with Gasteiger partial charge >= 0.3 is 0 Å². The number of fused-ring (bicyclic) bond motifs is 3. The van der Waals surface area contributed by atoms with Gasteiger partial charge in [-0.3, -0.25) is 4.79 Å². The number of rotatable bonds is 4. The fourth-order valence-corrected chi connectivity index (χ4v) is 4.43. The fraction of sp³-hybridized carbons (Fsp3) is 0.238. The summed E-state index contributed by atoms with van der Waals surface area (Å²) in [6.45, 7) is 4.85. The van der Waals surface area contributed by atoms with Crippen LogP contribution in [-0.2, 0) is 4.79 Å². The molecule has 158 valence electrons. The number of halogens is 3. The lowest BCUT2D eigenvalue weighted by Gasteiger charge is -2.34. The van der Waals surface area contributed by atoms with Crippen molar-refractivity contribution in [3.05, 3.63) is 59.9 Å². The van der Waals surface area contributed by atoms with Crippen LogP contribution in [0.15, 0.2) is 43.2 Å². The minimum Gasteiger partial charge on any atom is -0.350 e. The van der Waals surface area contributed by atoms with Gasteiger partial charge in [-0.05, 0) is 36.8 Å². The maximum absolute atomic E-state index is 14.4. The first-order valence-electron chi connectivity index (χ1n) is 9.68. The van der Waals surface area contributed by atoms with Gasteiger partial charge in [0.2, 0.25) is 5.91 Å². The molecule has 2 fully saturated rings. The van der Waals surface area contributed by atoms with Crippen LogP contribution in [-0.4, -0.2) is 50.9 Å². The molecule has 2 bridgehead atoms. The number of piperazine rings is 1. The van der Waals surface area contributed by atoms with Crippen molar-refractivity contribution in [2.75, 3.05) is 23.3 Å². The van der Waals surface area contributed by atoms with Crippen LogP contribution in [0.1, 0.15) is 6.42 Å². The van der Waals surface area contributed by atoms with Gasteiger partial charge in [0.05, 0.1) is 23.3 Å². The number of pyridine rings is 1. The SMILES string of the molecule is C=CC(=O)N1C[C@@H]2C[C@H]1CN2c1ccc2ncnc(Nc3ccc(F)c(Cl)c3F)c2n1. The second-order valence-electron chi connectivity index (χ2n) is 7.50. The number of aromatic nitrogens is 3. The number of hydrogen-bond acceptors (Lipinski definition) is 6. The van der Waals surface area contributed by atoms with Crippen LogP contribution < -0.4 is 10.2 Å². The van der Waals surface area contributed by atoms with Gasteiger partial charge in [0.1, 0.15) is 28.5 Å². The van der Waals surface area contributed by atoms with Crippen LogP contribution in [0.4, 0.5) is 26.1 Å². The summed E-state index contributed by atoms with van der Waals surface area (Å²) in [5.41, 5.74) is 1.00. The molecule has 1 amide bonds. The third kappa shape index (κ3) is 3.25. The second kappa shape index (κ2) is 7.42. The van der Waals surface area contributed by atoms with E-state index in [0.29, 0.717) is 24.1 Å². The third-order valence-electron chi connectivity index (χ3n) is 5.75. The van der Waals surface area contributed by atoms with Crippen LogP contribution in [0.5, 0.6) is 0 Å². The van der Waals surface area contributed by atoms with Crippen LogP contribution in [0, 0.1) is 11.6 Å². The molecule has 2 saturated heterocycles. The van der Waals surface area contributed by atoms with Crippen LogP contribution in [0.25, 0.3) is 11.0 Å². The van der Waals surface area contributed by atoms with E-state index in [-0.39, 0.29) is 29.5 Å². The molecule has 10 heteroatoms. The Labute approximate surface area is 181 Å². The summed E-state index contributed by atoms with van der Waals surface area (Å²) in [4.78, 5) is 29.1. The molecule has 0 radical (unpaired) electrons. The lowest BCUT2D eigenvalue weighted by Crippen LogP contribution is -2.48. The Hall–Kier alpha value is -3.33. The van der Waals surface area contributed by atoms with Gasteiger partial charge in [-0.15, -0.1) is 0 Å². The number of benzene rings is 1. The Kier molecular flexibility index (Phi) is 4.70. The number of carbonyl (C=O) groups is 1. The highest BCUT2D eigenvalue weighted by atomic mass is 35.5. The standard InChI is InChI=1S/C21H17ClF2N6O/c1-2-17(31)30-9-11-7-12(30)8-29(11)16-6-5-15-20(28-16)21(26-10-25-15)27-14-4-3-13(23)18(22)19(14)24/h2-6,10-12H,1,7-9H2,(H,25,26,27)/t11-,12-/m0/s1. The van der Waals surface area contributed by atoms with E-state index in [4.69, 9.17) is 16.6 Å². The maximum atomic E-state index is 14.4.